The highest BCUT2D eigenvalue weighted by Crippen LogP contribution is 2.27. The number of amides is 1. The molecule has 3 rings (SSSR count). The van der Waals surface area contributed by atoms with E-state index in [2.05, 4.69) is 19.2 Å². The molecule has 3 aromatic carbocycles. The maximum atomic E-state index is 13.0. The molecule has 0 saturated heterocycles. The van der Waals surface area contributed by atoms with Crippen LogP contribution in [0.15, 0.2) is 71.6 Å². The maximum Gasteiger partial charge on any atom is 0.264 e. The maximum absolute atomic E-state index is 13.0. The molecule has 0 aliphatic rings. The number of benzene rings is 3. The number of nitrogens with one attached hydrogen (secondary N) is 1. The lowest BCUT2D eigenvalue weighted by Gasteiger charge is -2.22. The van der Waals surface area contributed by atoms with Crippen molar-refractivity contribution in [3.05, 3.63) is 89.0 Å². The van der Waals surface area contributed by atoms with E-state index in [1.54, 1.807) is 49.4 Å². The zero-order valence-corrected chi connectivity index (χ0v) is 19.3. The minimum Gasteiger partial charge on any atom is -0.322 e. The van der Waals surface area contributed by atoms with Crippen LogP contribution in [0.5, 0.6) is 0 Å². The van der Waals surface area contributed by atoms with Crippen molar-refractivity contribution in [3.8, 4) is 0 Å². The van der Waals surface area contributed by atoms with E-state index in [1.807, 2.05) is 31.2 Å². The first-order valence-electron chi connectivity index (χ1n) is 10.2. The Kier molecular flexibility index (Phi) is 6.51. The molecule has 0 aliphatic carbocycles. The standard InChI is InChI=1S/C25H28N2O3S/c1-17(2)20-8-11-22(12-9-20)26-25(28)21-10-15-24(19(4)16-21)27(5)31(29,30)23-13-6-18(3)7-14-23/h6-17H,1-5H3,(H,26,28). The fraction of sp³-hybridized carbons (Fsp3) is 0.240. The molecule has 0 bridgehead atoms. The Balaban J connectivity index is 1.80. The molecular weight excluding hydrogens is 408 g/mol. The van der Waals surface area contributed by atoms with Crippen LogP contribution in [0.1, 0.15) is 46.8 Å². The van der Waals surface area contributed by atoms with Gasteiger partial charge in [0.15, 0.2) is 0 Å². The Bertz CT molecular complexity index is 1180. The number of hydrogen-bond donors (Lipinski definition) is 1. The quantitative estimate of drug-likeness (QED) is 0.554. The van der Waals surface area contributed by atoms with Gasteiger partial charge in [0.05, 0.1) is 10.6 Å². The molecule has 0 heterocycles. The van der Waals surface area contributed by atoms with Crippen molar-refractivity contribution < 1.29 is 13.2 Å². The summed E-state index contributed by atoms with van der Waals surface area (Å²) in [5, 5.41) is 2.89. The molecular formula is C25H28N2O3S. The summed E-state index contributed by atoms with van der Waals surface area (Å²) in [6.07, 6.45) is 0. The van der Waals surface area contributed by atoms with Gasteiger partial charge in [0.1, 0.15) is 0 Å². The van der Waals surface area contributed by atoms with Gasteiger partial charge in [-0.3, -0.25) is 9.10 Å². The Morgan fingerprint density at radius 3 is 2.06 bits per heavy atom. The molecule has 0 radical (unpaired) electrons. The van der Waals surface area contributed by atoms with Gasteiger partial charge in [0, 0.05) is 18.3 Å². The average molecular weight is 437 g/mol. The lowest BCUT2D eigenvalue weighted by atomic mass is 10.0. The van der Waals surface area contributed by atoms with Crippen molar-refractivity contribution in [1.82, 2.24) is 0 Å². The van der Waals surface area contributed by atoms with Crippen molar-refractivity contribution in [2.75, 3.05) is 16.7 Å². The van der Waals surface area contributed by atoms with Gasteiger partial charge in [-0.05, 0) is 73.4 Å². The summed E-state index contributed by atoms with van der Waals surface area (Å²) in [7, 11) is -2.17. The highest BCUT2D eigenvalue weighted by Gasteiger charge is 2.23. The van der Waals surface area contributed by atoms with Crippen molar-refractivity contribution in [2.24, 2.45) is 0 Å². The van der Waals surface area contributed by atoms with Gasteiger partial charge in [-0.15, -0.1) is 0 Å². The molecule has 0 fully saturated rings. The summed E-state index contributed by atoms with van der Waals surface area (Å²) in [6, 6.07) is 19.5. The summed E-state index contributed by atoms with van der Waals surface area (Å²) in [4.78, 5) is 12.9. The topological polar surface area (TPSA) is 66.5 Å². The van der Waals surface area contributed by atoms with Crippen LogP contribution >= 0.6 is 0 Å². The molecule has 3 aromatic rings. The van der Waals surface area contributed by atoms with Crippen molar-refractivity contribution >= 4 is 27.3 Å². The molecule has 0 aliphatic heterocycles. The van der Waals surface area contributed by atoms with Gasteiger partial charge in [-0.1, -0.05) is 43.7 Å². The highest BCUT2D eigenvalue weighted by atomic mass is 32.2. The molecule has 0 unspecified atom stereocenters. The number of hydrogen-bond acceptors (Lipinski definition) is 3. The fourth-order valence-electron chi connectivity index (χ4n) is 3.30. The Hall–Kier alpha value is -3.12. The lowest BCUT2D eigenvalue weighted by Crippen LogP contribution is -2.27. The van der Waals surface area contributed by atoms with Gasteiger partial charge in [-0.2, -0.15) is 0 Å². The zero-order valence-electron chi connectivity index (χ0n) is 18.5. The van der Waals surface area contributed by atoms with Crippen molar-refractivity contribution in [2.45, 2.75) is 38.5 Å². The van der Waals surface area contributed by atoms with Crippen LogP contribution in [-0.4, -0.2) is 21.4 Å². The number of rotatable bonds is 6. The van der Waals surface area contributed by atoms with Gasteiger partial charge < -0.3 is 5.32 Å². The van der Waals surface area contributed by atoms with Crippen LogP contribution < -0.4 is 9.62 Å². The Morgan fingerprint density at radius 2 is 1.52 bits per heavy atom. The molecule has 5 nitrogen and oxygen atoms in total. The minimum atomic E-state index is -3.69. The van der Waals surface area contributed by atoms with E-state index in [-0.39, 0.29) is 10.8 Å². The molecule has 0 saturated carbocycles. The number of carbonyl (C=O) groups is 1. The molecule has 0 spiro atoms. The van der Waals surface area contributed by atoms with Gasteiger partial charge >= 0.3 is 0 Å². The summed E-state index contributed by atoms with van der Waals surface area (Å²) < 4.78 is 27.2. The van der Waals surface area contributed by atoms with E-state index in [1.165, 1.54) is 16.9 Å². The summed E-state index contributed by atoms with van der Waals surface area (Å²) in [5.41, 5.74) is 4.60. The number of aryl methyl sites for hydroxylation is 2. The number of anilines is 2. The summed E-state index contributed by atoms with van der Waals surface area (Å²) in [5.74, 6) is 0.184. The number of nitrogens with zero attached hydrogens (tertiary/aromatic N) is 1. The molecule has 31 heavy (non-hydrogen) atoms. The zero-order chi connectivity index (χ0) is 22.8. The number of sulfonamides is 1. The van der Waals surface area contributed by atoms with E-state index in [4.69, 9.17) is 0 Å². The van der Waals surface area contributed by atoms with E-state index in [0.29, 0.717) is 22.7 Å². The molecule has 0 atom stereocenters. The molecule has 6 heteroatoms. The van der Waals surface area contributed by atoms with Crippen molar-refractivity contribution in [3.63, 3.8) is 0 Å². The first-order valence-corrected chi connectivity index (χ1v) is 11.6. The predicted molar refractivity (Wildman–Crippen MR) is 126 cm³/mol. The normalized spacial score (nSPS) is 11.4. The smallest absolute Gasteiger partial charge is 0.264 e. The monoisotopic (exact) mass is 436 g/mol. The van der Waals surface area contributed by atoms with Crippen LogP contribution in [0.4, 0.5) is 11.4 Å². The van der Waals surface area contributed by atoms with Crippen LogP contribution in [-0.2, 0) is 10.0 Å². The van der Waals surface area contributed by atoms with Crippen LogP contribution in [0.2, 0.25) is 0 Å². The summed E-state index contributed by atoms with van der Waals surface area (Å²) >= 11 is 0. The van der Waals surface area contributed by atoms with Crippen LogP contribution in [0.3, 0.4) is 0 Å². The van der Waals surface area contributed by atoms with Crippen molar-refractivity contribution in [1.29, 1.82) is 0 Å². The van der Waals surface area contributed by atoms with E-state index in [9.17, 15) is 13.2 Å². The van der Waals surface area contributed by atoms with E-state index >= 15 is 0 Å². The second-order valence-corrected chi connectivity index (χ2v) is 9.99. The van der Waals surface area contributed by atoms with Crippen LogP contribution in [0.25, 0.3) is 0 Å². The minimum absolute atomic E-state index is 0.228. The highest BCUT2D eigenvalue weighted by molar-refractivity contribution is 7.92. The molecule has 0 aromatic heterocycles. The van der Waals surface area contributed by atoms with Crippen LogP contribution in [0, 0.1) is 13.8 Å². The van der Waals surface area contributed by atoms with Gasteiger partial charge in [0.25, 0.3) is 15.9 Å². The van der Waals surface area contributed by atoms with Gasteiger partial charge in [0.2, 0.25) is 0 Å². The average Bonchev–Trinajstić information content (AvgIpc) is 2.73. The first-order chi connectivity index (χ1) is 14.6. The van der Waals surface area contributed by atoms with Gasteiger partial charge in [-0.25, -0.2) is 8.42 Å². The third-order valence-electron chi connectivity index (χ3n) is 5.31. The molecule has 1 amide bonds. The lowest BCUT2D eigenvalue weighted by molar-refractivity contribution is 0.102. The molecule has 162 valence electrons. The Morgan fingerprint density at radius 1 is 0.903 bits per heavy atom. The first kappa shape index (κ1) is 22.6. The second kappa shape index (κ2) is 8.94. The van der Waals surface area contributed by atoms with E-state index < -0.39 is 10.0 Å². The van der Waals surface area contributed by atoms with E-state index in [0.717, 1.165) is 11.3 Å². The third kappa shape index (κ3) is 4.97. The number of carbonyl (C=O) groups excluding carboxylic acids is 1. The SMILES string of the molecule is Cc1ccc(S(=O)(=O)N(C)c2ccc(C(=O)Nc3ccc(C(C)C)cc3)cc2C)cc1. The Labute approximate surface area is 184 Å². The largest absolute Gasteiger partial charge is 0.322 e. The molecule has 1 N–H and O–H groups in total. The fourth-order valence-corrected chi connectivity index (χ4v) is 4.56. The third-order valence-corrected chi connectivity index (χ3v) is 7.10. The second-order valence-electron chi connectivity index (χ2n) is 8.02. The summed E-state index contributed by atoms with van der Waals surface area (Å²) in [6.45, 7) is 7.94. The predicted octanol–water partition coefficient (Wildman–Crippen LogP) is 5.50.